The van der Waals surface area contributed by atoms with Gasteiger partial charge < -0.3 is 20.1 Å². The van der Waals surface area contributed by atoms with Crippen molar-refractivity contribution in [2.24, 2.45) is 10.9 Å². The third kappa shape index (κ3) is 7.48. The molecule has 7 nitrogen and oxygen atoms in total. The number of hydrogen-bond donors (Lipinski definition) is 2. The Morgan fingerprint density at radius 2 is 1.83 bits per heavy atom. The zero-order valence-corrected chi connectivity index (χ0v) is 21.0. The number of hydrogen-bond acceptors (Lipinski definition) is 5. The molecule has 0 aromatic heterocycles. The molecule has 0 aromatic rings. The van der Waals surface area contributed by atoms with Gasteiger partial charge in [0, 0.05) is 58.5 Å². The molecule has 0 amide bonds. The van der Waals surface area contributed by atoms with Gasteiger partial charge in [0.2, 0.25) is 0 Å². The monoisotopic (exact) mass is 523 g/mol. The maximum atomic E-state index is 5.97. The number of rotatable bonds is 7. The molecule has 1 unspecified atom stereocenters. The van der Waals surface area contributed by atoms with Gasteiger partial charge in [-0.25, -0.2) is 0 Å². The number of morpholine rings is 1. The molecule has 2 N–H and O–H groups in total. The fourth-order valence-electron chi connectivity index (χ4n) is 4.81. The number of guanidine groups is 1. The molecule has 29 heavy (non-hydrogen) atoms. The van der Waals surface area contributed by atoms with E-state index in [0.717, 1.165) is 71.3 Å². The van der Waals surface area contributed by atoms with Crippen LogP contribution in [0.1, 0.15) is 39.5 Å². The van der Waals surface area contributed by atoms with Crippen LogP contribution in [0.25, 0.3) is 0 Å². The van der Waals surface area contributed by atoms with Crippen LogP contribution in [-0.4, -0.2) is 100 Å². The fourth-order valence-corrected chi connectivity index (χ4v) is 4.81. The van der Waals surface area contributed by atoms with Gasteiger partial charge >= 0.3 is 0 Å². The molecule has 3 aliphatic heterocycles. The van der Waals surface area contributed by atoms with Crippen LogP contribution in [0.4, 0.5) is 0 Å². The smallest absolute Gasteiger partial charge is 0.191 e. The van der Waals surface area contributed by atoms with Crippen molar-refractivity contribution in [1.29, 1.82) is 0 Å². The highest BCUT2D eigenvalue weighted by Gasteiger charge is 2.39. The number of ether oxygens (including phenoxy) is 2. The highest BCUT2D eigenvalue weighted by Crippen LogP contribution is 2.30. The molecule has 3 heterocycles. The Labute approximate surface area is 194 Å². The predicted octanol–water partition coefficient (Wildman–Crippen LogP) is 1.77. The van der Waals surface area contributed by atoms with Crippen LogP contribution in [0.15, 0.2) is 4.99 Å². The molecule has 0 bridgehead atoms. The average molecular weight is 524 g/mol. The van der Waals surface area contributed by atoms with E-state index in [2.05, 4.69) is 39.3 Å². The van der Waals surface area contributed by atoms with E-state index in [-0.39, 0.29) is 35.6 Å². The first-order chi connectivity index (χ1) is 13.6. The predicted molar refractivity (Wildman–Crippen MR) is 129 cm³/mol. The van der Waals surface area contributed by atoms with Crippen molar-refractivity contribution in [1.82, 2.24) is 20.4 Å². The molecule has 3 saturated heterocycles. The van der Waals surface area contributed by atoms with Crippen LogP contribution in [0.5, 0.6) is 0 Å². The van der Waals surface area contributed by atoms with Crippen molar-refractivity contribution in [3.05, 3.63) is 0 Å². The third-order valence-corrected chi connectivity index (χ3v) is 6.35. The summed E-state index contributed by atoms with van der Waals surface area (Å²) in [6, 6.07) is 0. The van der Waals surface area contributed by atoms with Crippen molar-refractivity contribution in [2.45, 2.75) is 51.2 Å². The Balaban J connectivity index is 0.00000300. The number of nitrogens with zero attached hydrogens (tertiary/aromatic N) is 3. The fraction of sp³-hybridized carbons (Fsp3) is 0.952. The largest absolute Gasteiger partial charge is 0.381 e. The van der Waals surface area contributed by atoms with Crippen molar-refractivity contribution < 1.29 is 9.47 Å². The van der Waals surface area contributed by atoms with Gasteiger partial charge in [0.15, 0.2) is 5.96 Å². The molecular formula is C21H42IN5O2. The van der Waals surface area contributed by atoms with Gasteiger partial charge in [0.05, 0.1) is 12.7 Å². The first-order valence-corrected chi connectivity index (χ1v) is 11.2. The Morgan fingerprint density at radius 3 is 2.48 bits per heavy atom. The molecule has 0 aromatic carbocycles. The van der Waals surface area contributed by atoms with Gasteiger partial charge in [-0.3, -0.25) is 14.8 Å². The summed E-state index contributed by atoms with van der Waals surface area (Å²) in [5.41, 5.74) is 0.210. The minimum absolute atomic E-state index is 0. The molecule has 1 atom stereocenters. The summed E-state index contributed by atoms with van der Waals surface area (Å²) in [6.07, 6.45) is 5.07. The van der Waals surface area contributed by atoms with Crippen molar-refractivity contribution in [2.75, 3.05) is 72.7 Å². The maximum Gasteiger partial charge on any atom is 0.191 e. The number of nitrogens with one attached hydrogen (secondary N) is 2. The minimum Gasteiger partial charge on any atom is -0.381 e. The van der Waals surface area contributed by atoms with E-state index in [1.807, 2.05) is 7.05 Å². The molecule has 0 saturated carbocycles. The second-order valence-corrected chi connectivity index (χ2v) is 8.98. The van der Waals surface area contributed by atoms with Crippen molar-refractivity contribution >= 4 is 29.9 Å². The van der Waals surface area contributed by atoms with E-state index in [1.54, 1.807) is 0 Å². The van der Waals surface area contributed by atoms with Crippen LogP contribution >= 0.6 is 24.0 Å². The Hall–Kier alpha value is -0.160. The van der Waals surface area contributed by atoms with E-state index in [1.165, 1.54) is 25.9 Å². The van der Waals surface area contributed by atoms with Crippen LogP contribution in [0.2, 0.25) is 0 Å². The summed E-state index contributed by atoms with van der Waals surface area (Å²) in [4.78, 5) is 9.66. The van der Waals surface area contributed by atoms with E-state index in [9.17, 15) is 0 Å². The summed E-state index contributed by atoms with van der Waals surface area (Å²) in [5, 5.41) is 7.11. The van der Waals surface area contributed by atoms with Crippen LogP contribution in [0.3, 0.4) is 0 Å². The molecule has 170 valence electrons. The molecule has 3 fully saturated rings. The molecule has 3 aliphatic rings. The van der Waals surface area contributed by atoms with Gasteiger partial charge in [0.1, 0.15) is 0 Å². The van der Waals surface area contributed by atoms with Crippen molar-refractivity contribution in [3.8, 4) is 0 Å². The summed E-state index contributed by atoms with van der Waals surface area (Å²) < 4.78 is 11.6. The minimum atomic E-state index is 0. The maximum absolute atomic E-state index is 5.97. The summed E-state index contributed by atoms with van der Waals surface area (Å²) in [5.74, 6) is 1.58. The lowest BCUT2D eigenvalue weighted by molar-refractivity contribution is -0.0286. The lowest BCUT2D eigenvalue weighted by Crippen LogP contribution is -2.59. The molecule has 3 rings (SSSR count). The number of likely N-dealkylation sites (tertiary alicyclic amines) is 1. The second kappa shape index (κ2) is 12.6. The summed E-state index contributed by atoms with van der Waals surface area (Å²) in [6.45, 7) is 14.5. The molecule has 0 aliphatic carbocycles. The van der Waals surface area contributed by atoms with Crippen LogP contribution in [0, 0.1) is 5.92 Å². The molecule has 8 heteroatoms. The van der Waals surface area contributed by atoms with E-state index < -0.39 is 0 Å². The van der Waals surface area contributed by atoms with E-state index >= 15 is 0 Å². The van der Waals surface area contributed by atoms with Crippen molar-refractivity contribution in [3.63, 3.8) is 0 Å². The third-order valence-electron chi connectivity index (χ3n) is 6.35. The SMILES string of the molecule is CN=C(NCC1CN(CC(C)C)CCO1)NCC1(N2CCCC2)CCOCC1.I. The second-order valence-electron chi connectivity index (χ2n) is 8.98. The first-order valence-electron chi connectivity index (χ1n) is 11.2. The van der Waals surface area contributed by atoms with E-state index in [4.69, 9.17) is 9.47 Å². The first kappa shape index (κ1) is 25.1. The molecule has 0 radical (unpaired) electrons. The van der Waals surface area contributed by atoms with Gasteiger partial charge in [0.25, 0.3) is 0 Å². The zero-order valence-electron chi connectivity index (χ0n) is 18.6. The van der Waals surface area contributed by atoms with E-state index in [0.29, 0.717) is 5.92 Å². The molecule has 0 spiro atoms. The summed E-state index contributed by atoms with van der Waals surface area (Å²) >= 11 is 0. The zero-order chi connectivity index (χ0) is 19.8. The van der Waals surface area contributed by atoms with Crippen LogP contribution < -0.4 is 10.6 Å². The quantitative estimate of drug-likeness (QED) is 0.302. The average Bonchev–Trinajstić information content (AvgIpc) is 3.24. The topological polar surface area (TPSA) is 61.4 Å². The number of aliphatic imine (C=N–C) groups is 1. The van der Waals surface area contributed by atoms with Gasteiger partial charge in [-0.05, 0) is 44.7 Å². The normalized spacial score (nSPS) is 26.3. The highest BCUT2D eigenvalue weighted by atomic mass is 127. The Morgan fingerprint density at radius 1 is 1.10 bits per heavy atom. The number of halogens is 1. The van der Waals surface area contributed by atoms with Gasteiger partial charge in [-0.1, -0.05) is 13.8 Å². The van der Waals surface area contributed by atoms with Gasteiger partial charge in [-0.2, -0.15) is 0 Å². The Bertz CT molecular complexity index is 493. The van der Waals surface area contributed by atoms with Crippen LogP contribution in [-0.2, 0) is 9.47 Å². The standard InChI is InChI=1S/C21H41N5O2.HI/c1-18(2)15-25-10-13-28-19(16-25)14-23-20(22-3)24-17-21(6-11-27-12-7-21)26-8-4-5-9-26;/h18-19H,4-17H2,1-3H3,(H2,22,23,24);1H. The highest BCUT2D eigenvalue weighted by molar-refractivity contribution is 14.0. The molecular weight excluding hydrogens is 481 g/mol. The Kier molecular flexibility index (Phi) is 10.9. The summed E-state index contributed by atoms with van der Waals surface area (Å²) in [7, 11) is 1.86. The lowest BCUT2D eigenvalue weighted by atomic mass is 9.88. The lowest BCUT2D eigenvalue weighted by Gasteiger charge is -2.45. The van der Waals surface area contributed by atoms with Gasteiger partial charge in [-0.15, -0.1) is 24.0 Å².